The van der Waals surface area contributed by atoms with Gasteiger partial charge >= 0.3 is 11.8 Å². The van der Waals surface area contributed by atoms with Crippen LogP contribution in [0.1, 0.15) is 0 Å². The van der Waals surface area contributed by atoms with Crippen LogP contribution in [0, 0.1) is 0 Å². The molecule has 0 saturated heterocycles. The number of rotatable bonds is 3. The quantitative estimate of drug-likeness (QED) is 0.443. The lowest BCUT2D eigenvalue weighted by molar-refractivity contribution is -0.134. The number of aromatic nitrogens is 1. The molecular weight excluding hydrogens is 404 g/mol. The number of aromatic hydroxyl groups is 1. The normalized spacial score (nSPS) is 11.0. The van der Waals surface area contributed by atoms with Crippen LogP contribution in [-0.2, 0) is 9.59 Å². The number of para-hydroxylation sites is 2. The van der Waals surface area contributed by atoms with Crippen LogP contribution >= 0.6 is 15.9 Å². The van der Waals surface area contributed by atoms with E-state index in [9.17, 15) is 14.7 Å². The SMILES string of the molecule is COc1ccccc1NC(=O)C(=O)N=Nc1c(O)[nH]c2ccc(Br)cc12. The van der Waals surface area contributed by atoms with Crippen molar-refractivity contribution in [2.24, 2.45) is 10.2 Å². The first kappa shape index (κ1) is 17.6. The Labute approximate surface area is 156 Å². The van der Waals surface area contributed by atoms with Gasteiger partial charge in [0.15, 0.2) is 5.69 Å². The highest BCUT2D eigenvalue weighted by molar-refractivity contribution is 9.10. The molecule has 0 spiro atoms. The number of carbonyl (C=O) groups excluding carboxylic acids is 2. The van der Waals surface area contributed by atoms with E-state index >= 15 is 0 Å². The van der Waals surface area contributed by atoms with Crippen LogP contribution in [0.2, 0.25) is 0 Å². The van der Waals surface area contributed by atoms with E-state index in [1.165, 1.54) is 7.11 Å². The van der Waals surface area contributed by atoms with Gasteiger partial charge in [-0.1, -0.05) is 28.1 Å². The minimum absolute atomic E-state index is 0.0692. The molecular formula is C17H13BrN4O4. The third-order valence-electron chi connectivity index (χ3n) is 3.50. The van der Waals surface area contributed by atoms with Gasteiger partial charge in [0, 0.05) is 9.86 Å². The number of H-pyrrole nitrogens is 1. The fourth-order valence-corrected chi connectivity index (χ4v) is 2.66. The fraction of sp³-hybridized carbons (Fsp3) is 0.0588. The molecule has 3 rings (SSSR count). The summed E-state index contributed by atoms with van der Waals surface area (Å²) in [5, 5.41) is 20.0. The number of amides is 2. The van der Waals surface area contributed by atoms with Crippen LogP contribution < -0.4 is 10.1 Å². The van der Waals surface area contributed by atoms with Gasteiger partial charge in [-0.3, -0.25) is 9.59 Å². The van der Waals surface area contributed by atoms with Gasteiger partial charge in [0.05, 0.1) is 18.3 Å². The maximum Gasteiger partial charge on any atom is 0.353 e. The summed E-state index contributed by atoms with van der Waals surface area (Å²) in [6, 6.07) is 11.9. The number of nitrogens with zero attached hydrogens (tertiary/aromatic N) is 2. The molecule has 26 heavy (non-hydrogen) atoms. The Balaban J connectivity index is 1.80. The molecule has 0 aliphatic carbocycles. The average molecular weight is 417 g/mol. The molecule has 2 aromatic carbocycles. The van der Waals surface area contributed by atoms with Crippen molar-refractivity contribution in [3.8, 4) is 11.6 Å². The van der Waals surface area contributed by atoms with Gasteiger partial charge in [-0.05, 0) is 30.3 Å². The Bertz CT molecular complexity index is 1030. The standard InChI is InChI=1S/C17H13BrN4O4/c1-26-13-5-3-2-4-12(13)20-16(24)17(25)22-21-14-10-8-9(18)6-7-11(10)19-15(14)23/h2-8,19,23H,1H3,(H,20,24). The highest BCUT2D eigenvalue weighted by Crippen LogP contribution is 2.36. The minimum atomic E-state index is -1.11. The van der Waals surface area contributed by atoms with E-state index in [0.717, 1.165) is 4.47 Å². The van der Waals surface area contributed by atoms with Crippen molar-refractivity contribution in [1.29, 1.82) is 0 Å². The summed E-state index contributed by atoms with van der Waals surface area (Å²) in [6.45, 7) is 0. The molecule has 0 aliphatic rings. The smallest absolute Gasteiger partial charge is 0.353 e. The molecule has 0 atom stereocenters. The number of nitrogens with one attached hydrogen (secondary N) is 2. The number of carbonyl (C=O) groups is 2. The molecule has 1 aromatic heterocycles. The first-order chi connectivity index (χ1) is 12.5. The fourth-order valence-electron chi connectivity index (χ4n) is 2.30. The maximum absolute atomic E-state index is 12.0. The number of benzene rings is 2. The third kappa shape index (κ3) is 3.57. The van der Waals surface area contributed by atoms with E-state index < -0.39 is 11.8 Å². The second-order valence-electron chi connectivity index (χ2n) is 5.17. The summed E-state index contributed by atoms with van der Waals surface area (Å²) in [4.78, 5) is 26.7. The second kappa shape index (κ2) is 7.36. The predicted octanol–water partition coefficient (Wildman–Crippen LogP) is 3.89. The zero-order chi connectivity index (χ0) is 18.7. The van der Waals surface area contributed by atoms with Gasteiger partial charge in [-0.15, -0.1) is 10.2 Å². The molecule has 3 aromatic rings. The second-order valence-corrected chi connectivity index (χ2v) is 6.09. The molecule has 132 valence electrons. The van der Waals surface area contributed by atoms with E-state index in [0.29, 0.717) is 22.3 Å². The third-order valence-corrected chi connectivity index (χ3v) is 4.00. The Kier molecular flexibility index (Phi) is 4.99. The van der Waals surface area contributed by atoms with Gasteiger partial charge in [-0.2, -0.15) is 0 Å². The number of ether oxygens (including phenoxy) is 1. The van der Waals surface area contributed by atoms with Crippen LogP contribution in [-0.4, -0.2) is 29.0 Å². The number of halogens is 1. The average Bonchev–Trinajstić information content (AvgIpc) is 2.94. The van der Waals surface area contributed by atoms with Gasteiger partial charge in [0.25, 0.3) is 0 Å². The van der Waals surface area contributed by atoms with E-state index in [1.807, 2.05) is 0 Å². The van der Waals surface area contributed by atoms with Crippen LogP contribution in [0.15, 0.2) is 57.2 Å². The number of hydrogen-bond acceptors (Lipinski definition) is 5. The van der Waals surface area contributed by atoms with Crippen molar-refractivity contribution < 1.29 is 19.4 Å². The van der Waals surface area contributed by atoms with Crippen molar-refractivity contribution in [2.75, 3.05) is 12.4 Å². The topological polar surface area (TPSA) is 116 Å². The molecule has 0 unspecified atom stereocenters. The number of methoxy groups -OCH3 is 1. The Morgan fingerprint density at radius 2 is 2.00 bits per heavy atom. The van der Waals surface area contributed by atoms with E-state index in [4.69, 9.17) is 4.74 Å². The first-order valence-electron chi connectivity index (χ1n) is 7.40. The zero-order valence-electron chi connectivity index (χ0n) is 13.5. The lowest BCUT2D eigenvalue weighted by Gasteiger charge is -2.07. The zero-order valence-corrected chi connectivity index (χ0v) is 15.1. The Morgan fingerprint density at radius 3 is 2.77 bits per heavy atom. The largest absolute Gasteiger partial charge is 0.495 e. The molecule has 0 saturated carbocycles. The van der Waals surface area contributed by atoms with Crippen LogP contribution in [0.3, 0.4) is 0 Å². The molecule has 1 heterocycles. The molecule has 9 heteroatoms. The number of fused-ring (bicyclic) bond motifs is 1. The van der Waals surface area contributed by atoms with Crippen molar-refractivity contribution in [1.82, 2.24) is 4.98 Å². The van der Waals surface area contributed by atoms with Crippen molar-refractivity contribution in [3.63, 3.8) is 0 Å². The number of aromatic amines is 1. The Hall–Kier alpha value is -3.20. The van der Waals surface area contributed by atoms with Crippen LogP contribution in [0.4, 0.5) is 11.4 Å². The number of hydrogen-bond donors (Lipinski definition) is 3. The summed E-state index contributed by atoms with van der Waals surface area (Å²) < 4.78 is 5.86. The predicted molar refractivity (Wildman–Crippen MR) is 98.8 cm³/mol. The first-order valence-corrected chi connectivity index (χ1v) is 8.19. The summed E-state index contributed by atoms with van der Waals surface area (Å²) in [7, 11) is 1.45. The van der Waals surface area contributed by atoms with Crippen LogP contribution in [0.5, 0.6) is 11.6 Å². The van der Waals surface area contributed by atoms with Gasteiger partial charge in [0.2, 0.25) is 5.88 Å². The molecule has 0 fully saturated rings. The molecule has 0 bridgehead atoms. The lowest BCUT2D eigenvalue weighted by atomic mass is 10.2. The number of anilines is 1. The van der Waals surface area contributed by atoms with E-state index in [-0.39, 0.29) is 11.6 Å². The van der Waals surface area contributed by atoms with Crippen molar-refractivity contribution in [3.05, 3.63) is 46.9 Å². The molecule has 8 nitrogen and oxygen atoms in total. The van der Waals surface area contributed by atoms with Gasteiger partial charge in [0.1, 0.15) is 5.75 Å². The summed E-state index contributed by atoms with van der Waals surface area (Å²) in [5.41, 5.74) is 1.02. The van der Waals surface area contributed by atoms with Gasteiger partial charge < -0.3 is 20.1 Å². The molecule has 0 aliphatic heterocycles. The van der Waals surface area contributed by atoms with Crippen molar-refractivity contribution in [2.45, 2.75) is 0 Å². The Morgan fingerprint density at radius 1 is 1.23 bits per heavy atom. The van der Waals surface area contributed by atoms with Gasteiger partial charge in [-0.25, -0.2) is 0 Å². The highest BCUT2D eigenvalue weighted by atomic mass is 79.9. The van der Waals surface area contributed by atoms with Crippen LogP contribution in [0.25, 0.3) is 10.9 Å². The van der Waals surface area contributed by atoms with Crippen molar-refractivity contribution >= 4 is 50.0 Å². The minimum Gasteiger partial charge on any atom is -0.495 e. The molecule has 2 amide bonds. The lowest BCUT2D eigenvalue weighted by Crippen LogP contribution is -2.20. The summed E-state index contributed by atoms with van der Waals surface area (Å²) >= 11 is 3.32. The summed E-state index contributed by atoms with van der Waals surface area (Å²) in [6.07, 6.45) is 0. The summed E-state index contributed by atoms with van der Waals surface area (Å²) in [5.74, 6) is -1.93. The maximum atomic E-state index is 12.0. The monoisotopic (exact) mass is 416 g/mol. The highest BCUT2D eigenvalue weighted by Gasteiger charge is 2.17. The van der Waals surface area contributed by atoms with E-state index in [2.05, 4.69) is 36.5 Å². The molecule has 0 radical (unpaired) electrons. The molecule has 3 N–H and O–H groups in total. The number of azo groups is 1. The van der Waals surface area contributed by atoms with E-state index in [1.54, 1.807) is 42.5 Å².